The number of rotatable bonds is 23. The highest BCUT2D eigenvalue weighted by Crippen LogP contribution is 2.52. The second-order valence-electron chi connectivity index (χ2n) is 18.5. The number of esters is 2. The summed E-state index contributed by atoms with van der Waals surface area (Å²) in [5.74, 6) is -0.275. The summed E-state index contributed by atoms with van der Waals surface area (Å²) in [6.45, 7) is 12.6. The minimum Gasteiger partial charge on any atom is -1.00 e. The van der Waals surface area contributed by atoms with E-state index in [0.717, 1.165) is 56.5 Å². The number of ether oxygens (including phenoxy) is 2. The highest BCUT2D eigenvalue weighted by molar-refractivity contribution is 6.08. The van der Waals surface area contributed by atoms with Crippen LogP contribution in [0.25, 0.3) is 21.5 Å². The molecule has 2 aliphatic rings. The second kappa shape index (κ2) is 22.9. The van der Waals surface area contributed by atoms with E-state index in [2.05, 4.69) is 135 Å². The van der Waals surface area contributed by atoms with Crippen LogP contribution in [0.1, 0.15) is 155 Å². The smallest absolute Gasteiger partial charge is 0.328 e. The molecular weight excluding hydrogens is 833 g/mol. The first-order chi connectivity index (χ1) is 29.6. The third-order valence-corrected chi connectivity index (χ3v) is 13.6. The quantitative estimate of drug-likeness (QED) is 0.0422. The van der Waals surface area contributed by atoms with Gasteiger partial charge in [0.1, 0.15) is 12.6 Å². The van der Waals surface area contributed by atoms with Gasteiger partial charge in [0, 0.05) is 47.3 Å². The van der Waals surface area contributed by atoms with Gasteiger partial charge in [-0.25, -0.2) is 4.79 Å². The van der Waals surface area contributed by atoms with Gasteiger partial charge in [0.2, 0.25) is 5.69 Å². The van der Waals surface area contributed by atoms with Crippen molar-refractivity contribution in [1.82, 2.24) is 0 Å². The largest absolute Gasteiger partial charge is 1.00 e. The lowest BCUT2D eigenvalue weighted by Crippen LogP contribution is -3.00. The van der Waals surface area contributed by atoms with Crippen LogP contribution in [0.2, 0.25) is 0 Å². The molecule has 0 bridgehead atoms. The van der Waals surface area contributed by atoms with E-state index in [-0.39, 0.29) is 39.8 Å². The normalized spacial score (nSPS) is 16.2. The lowest BCUT2D eigenvalue weighted by Gasteiger charge is -2.32. The van der Waals surface area contributed by atoms with Crippen LogP contribution in [0.5, 0.6) is 0 Å². The Labute approximate surface area is 383 Å². The summed E-state index contributed by atoms with van der Waals surface area (Å²) in [7, 11) is 3.00. The van der Waals surface area contributed by atoms with Gasteiger partial charge in [0.05, 0.1) is 19.6 Å². The van der Waals surface area contributed by atoms with Gasteiger partial charge in [-0.1, -0.05) is 158 Å². The molecule has 0 saturated heterocycles. The molecule has 0 radical (unpaired) electrons. The number of carbonyl (C=O) groups excluding carboxylic acids is 2. The molecule has 6 nitrogen and oxygen atoms in total. The van der Waals surface area contributed by atoms with Crippen LogP contribution >= 0.6 is 0 Å². The number of benzene rings is 4. The number of nitrogens with zero attached hydrogens (tertiary/aromatic N) is 2. The van der Waals surface area contributed by atoms with Crippen LogP contribution in [0.4, 0.5) is 11.4 Å². The minimum atomic E-state index is -0.412. The first-order valence-electron chi connectivity index (χ1n) is 23.6. The van der Waals surface area contributed by atoms with E-state index in [9.17, 15) is 9.59 Å². The highest BCUT2D eigenvalue weighted by Gasteiger charge is 2.47. The number of anilines is 1. The second-order valence-corrected chi connectivity index (χ2v) is 18.5. The maximum atomic E-state index is 13.9. The summed E-state index contributed by atoms with van der Waals surface area (Å²) >= 11 is 0. The molecule has 2 aliphatic heterocycles. The zero-order valence-corrected chi connectivity index (χ0v) is 40.5. The Bertz CT molecular complexity index is 2230. The Morgan fingerprint density at radius 1 is 0.661 bits per heavy atom. The van der Waals surface area contributed by atoms with E-state index in [4.69, 9.17) is 9.47 Å². The predicted molar refractivity (Wildman–Crippen MR) is 255 cm³/mol. The van der Waals surface area contributed by atoms with Crippen molar-refractivity contribution in [2.24, 2.45) is 0 Å². The van der Waals surface area contributed by atoms with E-state index in [0.29, 0.717) is 6.42 Å². The van der Waals surface area contributed by atoms with E-state index in [1.807, 2.05) is 0 Å². The topological polar surface area (TPSA) is 58.8 Å². The van der Waals surface area contributed by atoms with Crippen molar-refractivity contribution in [1.29, 1.82) is 0 Å². The Morgan fingerprint density at radius 2 is 1.23 bits per heavy atom. The third kappa shape index (κ3) is 10.9. The Kier molecular flexibility index (Phi) is 18.0. The van der Waals surface area contributed by atoms with Gasteiger partial charge >= 0.3 is 11.9 Å². The fourth-order valence-corrected chi connectivity index (χ4v) is 10.3. The summed E-state index contributed by atoms with van der Waals surface area (Å²) in [5, 5.41) is 5.05. The van der Waals surface area contributed by atoms with Gasteiger partial charge in [0.15, 0.2) is 5.71 Å². The van der Waals surface area contributed by atoms with Crippen molar-refractivity contribution in [3.8, 4) is 0 Å². The predicted octanol–water partition coefficient (Wildman–Crippen LogP) is 11.0. The number of unbranched alkanes of at least 4 members (excludes halogenated alkanes) is 13. The number of hydrogen-bond donors (Lipinski definition) is 0. The molecule has 0 aliphatic carbocycles. The van der Waals surface area contributed by atoms with Gasteiger partial charge in [-0.05, 0) is 78.4 Å². The molecule has 7 heteroatoms. The van der Waals surface area contributed by atoms with Crippen LogP contribution in [-0.4, -0.2) is 49.0 Å². The molecule has 0 aromatic heterocycles. The summed E-state index contributed by atoms with van der Waals surface area (Å²) in [6, 6.07) is 26.1. The molecule has 0 amide bonds. The lowest BCUT2D eigenvalue weighted by molar-refractivity contribution is -0.438. The van der Waals surface area contributed by atoms with Crippen molar-refractivity contribution in [3.63, 3.8) is 0 Å². The van der Waals surface area contributed by atoms with Gasteiger partial charge in [-0.3, -0.25) is 4.79 Å². The molecule has 6 rings (SSSR count). The molecule has 4 aromatic rings. The van der Waals surface area contributed by atoms with Crippen molar-refractivity contribution in [3.05, 3.63) is 108 Å². The molecule has 1 unspecified atom stereocenters. The Balaban J connectivity index is 0.00000726. The van der Waals surface area contributed by atoms with Crippen LogP contribution < -0.4 is 21.9 Å². The van der Waals surface area contributed by atoms with Crippen LogP contribution in [0, 0.1) is 0 Å². The first kappa shape index (κ1) is 48.8. The van der Waals surface area contributed by atoms with Crippen molar-refractivity contribution in [2.45, 2.75) is 161 Å². The van der Waals surface area contributed by atoms with E-state index < -0.39 is 6.04 Å². The van der Waals surface area contributed by atoms with E-state index >= 15 is 0 Å². The fraction of sp³-hybridized carbons (Fsp3) is 0.509. The number of methoxy groups -OCH3 is 2. The summed E-state index contributed by atoms with van der Waals surface area (Å²) in [5.41, 5.74) is 6.94. The average molecular weight is 906 g/mol. The maximum absolute atomic E-state index is 13.9. The maximum Gasteiger partial charge on any atom is 0.328 e. The molecule has 0 fully saturated rings. The number of fused-ring (bicyclic) bond motifs is 6. The van der Waals surface area contributed by atoms with Gasteiger partial charge in [-0.15, -0.1) is 0 Å². The van der Waals surface area contributed by atoms with Crippen LogP contribution in [-0.2, 0) is 29.9 Å². The van der Waals surface area contributed by atoms with Gasteiger partial charge < -0.3 is 31.4 Å². The SMILES string of the molecule is CCCCCCCCCC(C(=O)OC)N1C(=CC=CC2=[N+](CCCCCCCCCCC(=O)OC)c3ccc4ccccc4c3C2(C)C)C(C)(C)c2c1ccc1ccccc21.[Br-]. The Hall–Kier alpha value is -4.23. The molecule has 0 saturated carbocycles. The Morgan fingerprint density at radius 3 is 1.85 bits per heavy atom. The van der Waals surface area contributed by atoms with Gasteiger partial charge in [0.25, 0.3) is 0 Å². The molecule has 2 heterocycles. The summed E-state index contributed by atoms with van der Waals surface area (Å²) in [4.78, 5) is 27.7. The zero-order chi connectivity index (χ0) is 43.4. The average Bonchev–Trinajstić information content (AvgIpc) is 3.63. The lowest BCUT2D eigenvalue weighted by atomic mass is 9.79. The first-order valence-corrected chi connectivity index (χ1v) is 23.6. The standard InChI is InChI=1S/C55H73N2O4.BrH/c1-8-9-10-11-14-17-20-32-47(53(59)61-7)57-46-39-37-42-29-23-25-31-44(42)52(46)55(4,5)49(57)34-27-33-48-54(2,3)51-43-30-24-22-28-41(43)36-38-45(51)56(48)40-26-19-16-13-12-15-18-21-35-50(58)60-6;/h22-25,27-31,33-34,36-39,47H,8-21,26,32,35,40H2,1-7H3;1H/q+1;/p-1. The van der Waals surface area contributed by atoms with Gasteiger partial charge in [-0.2, -0.15) is 4.58 Å². The van der Waals surface area contributed by atoms with Crippen LogP contribution in [0.15, 0.2) is 96.7 Å². The number of allylic oxidation sites excluding steroid dienone is 4. The third-order valence-electron chi connectivity index (χ3n) is 13.6. The number of carbonyl (C=O) groups is 2. The molecular formula is C55H73BrN2O4. The number of hydrogen-bond acceptors (Lipinski definition) is 5. The number of halogens is 1. The molecule has 1 atom stereocenters. The molecule has 62 heavy (non-hydrogen) atoms. The van der Waals surface area contributed by atoms with Crippen molar-refractivity contribution < 1.29 is 40.6 Å². The monoisotopic (exact) mass is 904 g/mol. The summed E-state index contributed by atoms with van der Waals surface area (Å²) < 4.78 is 13.0. The van der Waals surface area contributed by atoms with Crippen LogP contribution in [0.3, 0.4) is 0 Å². The zero-order valence-electron chi connectivity index (χ0n) is 38.9. The fourth-order valence-electron chi connectivity index (χ4n) is 10.3. The van der Waals surface area contributed by atoms with E-state index in [1.165, 1.54) is 122 Å². The van der Waals surface area contributed by atoms with Crippen molar-refractivity contribution >= 4 is 50.6 Å². The molecule has 334 valence electrons. The minimum absolute atomic E-state index is 0. The summed E-state index contributed by atoms with van der Waals surface area (Å²) in [6.07, 6.45) is 25.7. The highest BCUT2D eigenvalue weighted by atomic mass is 79.9. The van der Waals surface area contributed by atoms with Crippen molar-refractivity contribution in [2.75, 3.05) is 25.7 Å². The molecule has 0 spiro atoms. The molecule has 0 N–H and O–H groups in total. The van der Waals surface area contributed by atoms with E-state index in [1.54, 1.807) is 0 Å². The molecule has 4 aromatic carbocycles.